The van der Waals surface area contributed by atoms with Gasteiger partial charge >= 0.3 is 0 Å². The number of benzene rings is 2. The third-order valence-electron chi connectivity index (χ3n) is 4.32. The summed E-state index contributed by atoms with van der Waals surface area (Å²) >= 11 is 0. The highest BCUT2D eigenvalue weighted by molar-refractivity contribution is 5.94. The van der Waals surface area contributed by atoms with Gasteiger partial charge in [0.15, 0.2) is 5.78 Å². The molecule has 23 heavy (non-hydrogen) atoms. The summed E-state index contributed by atoms with van der Waals surface area (Å²) in [6.07, 6.45) is 0.986. The van der Waals surface area contributed by atoms with E-state index in [1.807, 2.05) is 37.4 Å². The summed E-state index contributed by atoms with van der Waals surface area (Å²) in [5.41, 5.74) is 5.88. The molecule has 0 aliphatic carbocycles. The van der Waals surface area contributed by atoms with Gasteiger partial charge in [0, 0.05) is 5.56 Å². The lowest BCUT2D eigenvalue weighted by Gasteiger charge is -2.22. The number of Topliss-reactive ketones (excluding diaryl/α,β-unsaturated/α-hetero) is 1. The first-order valence-corrected chi connectivity index (χ1v) is 8.11. The Morgan fingerprint density at radius 2 is 1.57 bits per heavy atom. The van der Waals surface area contributed by atoms with E-state index >= 15 is 0 Å². The molecule has 0 radical (unpaired) electrons. The Kier molecular flexibility index (Phi) is 5.89. The van der Waals surface area contributed by atoms with Gasteiger partial charge < -0.3 is 5.32 Å². The molecule has 0 saturated heterocycles. The number of carbonyl (C=O) groups excluding carboxylic acids is 1. The Balaban J connectivity index is 2.42. The first-order valence-electron chi connectivity index (χ1n) is 8.11. The number of ketones is 1. The predicted octanol–water partition coefficient (Wildman–Crippen LogP) is 5.03. The van der Waals surface area contributed by atoms with Crippen molar-refractivity contribution in [2.75, 3.05) is 7.05 Å². The van der Waals surface area contributed by atoms with Gasteiger partial charge in [0.1, 0.15) is 0 Å². The van der Waals surface area contributed by atoms with E-state index in [0.717, 1.165) is 12.0 Å². The van der Waals surface area contributed by atoms with Gasteiger partial charge in [-0.3, -0.25) is 4.79 Å². The van der Waals surface area contributed by atoms with E-state index in [-0.39, 0.29) is 11.8 Å². The molecule has 0 spiro atoms. The molecule has 1 N–H and O–H groups in total. The fourth-order valence-electron chi connectivity index (χ4n) is 3.07. The molecule has 2 heteroatoms. The molecule has 2 nitrogen and oxygen atoms in total. The fourth-order valence-corrected chi connectivity index (χ4v) is 3.07. The van der Waals surface area contributed by atoms with Crippen LogP contribution in [0, 0.1) is 0 Å². The van der Waals surface area contributed by atoms with Crippen LogP contribution < -0.4 is 5.32 Å². The quantitative estimate of drug-likeness (QED) is 0.758. The van der Waals surface area contributed by atoms with Crippen LogP contribution >= 0.6 is 0 Å². The number of carbonyl (C=O) groups is 1. The normalized spacial score (nSPS) is 13.4. The molecule has 0 amide bonds. The van der Waals surface area contributed by atoms with Crippen molar-refractivity contribution < 1.29 is 4.79 Å². The summed E-state index contributed by atoms with van der Waals surface area (Å²) in [5.74, 6) is 0.100. The van der Waals surface area contributed by atoms with Crippen LogP contribution in [0.3, 0.4) is 0 Å². The monoisotopic (exact) mass is 307 g/mol. The van der Waals surface area contributed by atoms with Crippen molar-refractivity contribution in [3.8, 4) is 0 Å². The molecular formula is C21H25NO. The molecule has 0 heterocycles. The first-order chi connectivity index (χ1) is 11.1. The lowest BCUT2D eigenvalue weighted by Crippen LogP contribution is -2.18. The van der Waals surface area contributed by atoms with Gasteiger partial charge in [-0.05, 0) is 49.6 Å². The van der Waals surface area contributed by atoms with Crippen LogP contribution in [-0.4, -0.2) is 12.8 Å². The zero-order valence-electron chi connectivity index (χ0n) is 14.4. The maximum absolute atomic E-state index is 11.4. The number of likely N-dealkylation sites (N-methyl/N-ethyl adjacent to an activating group) is 1. The molecule has 2 rings (SSSR count). The Morgan fingerprint density at radius 1 is 0.957 bits per heavy atom. The molecule has 0 saturated carbocycles. The second-order valence-electron chi connectivity index (χ2n) is 5.78. The van der Waals surface area contributed by atoms with Gasteiger partial charge in [-0.2, -0.15) is 0 Å². The molecular weight excluding hydrogens is 282 g/mol. The molecule has 0 aromatic heterocycles. The summed E-state index contributed by atoms with van der Waals surface area (Å²) < 4.78 is 0. The van der Waals surface area contributed by atoms with Gasteiger partial charge in [-0.15, -0.1) is 0 Å². The van der Waals surface area contributed by atoms with Crippen molar-refractivity contribution in [3.63, 3.8) is 0 Å². The molecule has 2 aromatic carbocycles. The number of nitrogens with one attached hydrogen (secondary N) is 1. The van der Waals surface area contributed by atoms with E-state index in [0.29, 0.717) is 0 Å². The zero-order valence-corrected chi connectivity index (χ0v) is 14.4. The lowest BCUT2D eigenvalue weighted by molar-refractivity contribution is 0.101. The Labute approximate surface area is 139 Å². The van der Waals surface area contributed by atoms with Crippen molar-refractivity contribution >= 4 is 11.4 Å². The lowest BCUT2D eigenvalue weighted by atomic mass is 9.90. The van der Waals surface area contributed by atoms with Crippen molar-refractivity contribution in [1.82, 2.24) is 5.32 Å². The third kappa shape index (κ3) is 3.96. The maximum atomic E-state index is 11.4. The van der Waals surface area contributed by atoms with Gasteiger partial charge in [0.25, 0.3) is 0 Å². The number of allylic oxidation sites excluding steroid dienone is 1. The molecule has 0 bridgehead atoms. The Bertz CT molecular complexity index is 684. The van der Waals surface area contributed by atoms with Crippen LogP contribution in [0.25, 0.3) is 5.57 Å². The average molecular weight is 307 g/mol. The third-order valence-corrected chi connectivity index (χ3v) is 4.32. The maximum Gasteiger partial charge on any atom is 0.159 e. The standard InChI is InChI=1S/C21H25NO/c1-5-20(18-9-7-6-8-10-18)15(2)21(22-4)19-13-11-17(12-14-19)16(3)23/h6-14,21-22H,5H2,1-4H3/b20-15+. The largest absolute Gasteiger partial charge is 0.310 e. The second-order valence-corrected chi connectivity index (χ2v) is 5.78. The van der Waals surface area contributed by atoms with E-state index in [1.54, 1.807) is 6.92 Å². The van der Waals surface area contributed by atoms with Crippen molar-refractivity contribution in [2.45, 2.75) is 33.2 Å². The van der Waals surface area contributed by atoms with Gasteiger partial charge in [0.2, 0.25) is 0 Å². The topological polar surface area (TPSA) is 29.1 Å². The van der Waals surface area contributed by atoms with Gasteiger partial charge in [-0.25, -0.2) is 0 Å². The summed E-state index contributed by atoms with van der Waals surface area (Å²) in [6.45, 7) is 5.98. The van der Waals surface area contributed by atoms with Crippen LogP contribution in [-0.2, 0) is 0 Å². The molecule has 120 valence electrons. The molecule has 1 unspecified atom stereocenters. The second kappa shape index (κ2) is 7.89. The van der Waals surface area contributed by atoms with Crippen molar-refractivity contribution in [3.05, 3.63) is 76.9 Å². The first kappa shape index (κ1) is 17.2. The highest BCUT2D eigenvalue weighted by atomic mass is 16.1. The summed E-state index contributed by atoms with van der Waals surface area (Å²) in [6, 6.07) is 18.6. The minimum Gasteiger partial charge on any atom is -0.310 e. The van der Waals surface area contributed by atoms with Crippen molar-refractivity contribution in [2.24, 2.45) is 0 Å². The molecule has 0 aliphatic heterocycles. The molecule has 0 fully saturated rings. The van der Waals surface area contributed by atoms with Crippen LogP contribution in [0.5, 0.6) is 0 Å². The van der Waals surface area contributed by atoms with E-state index < -0.39 is 0 Å². The Hall–Kier alpha value is -2.19. The highest BCUT2D eigenvalue weighted by Crippen LogP contribution is 2.30. The minimum absolute atomic E-state index is 0.100. The average Bonchev–Trinajstić information content (AvgIpc) is 2.57. The fraction of sp³-hybridized carbons (Fsp3) is 0.286. The van der Waals surface area contributed by atoms with Crippen LogP contribution in [0.2, 0.25) is 0 Å². The smallest absolute Gasteiger partial charge is 0.159 e. The van der Waals surface area contributed by atoms with E-state index in [2.05, 4.69) is 43.4 Å². The molecule has 2 aromatic rings. The Morgan fingerprint density at radius 3 is 2.04 bits per heavy atom. The van der Waals surface area contributed by atoms with E-state index in [9.17, 15) is 4.79 Å². The van der Waals surface area contributed by atoms with Gasteiger partial charge in [-0.1, -0.05) is 61.5 Å². The van der Waals surface area contributed by atoms with Gasteiger partial charge in [0.05, 0.1) is 6.04 Å². The zero-order chi connectivity index (χ0) is 16.8. The molecule has 0 aliphatic rings. The van der Waals surface area contributed by atoms with Crippen LogP contribution in [0.15, 0.2) is 60.2 Å². The van der Waals surface area contributed by atoms with E-state index in [1.165, 1.54) is 22.3 Å². The van der Waals surface area contributed by atoms with E-state index in [4.69, 9.17) is 0 Å². The minimum atomic E-state index is 0.100. The SMILES string of the molecule is CC/C(=C(/C)C(NC)c1ccc(C(C)=O)cc1)c1ccccc1. The summed E-state index contributed by atoms with van der Waals surface area (Å²) in [4.78, 5) is 11.4. The van der Waals surface area contributed by atoms with Crippen LogP contribution in [0.1, 0.15) is 54.7 Å². The number of rotatable bonds is 6. The highest BCUT2D eigenvalue weighted by Gasteiger charge is 2.15. The number of hydrogen-bond donors (Lipinski definition) is 1. The van der Waals surface area contributed by atoms with Crippen LogP contribution in [0.4, 0.5) is 0 Å². The number of hydrogen-bond acceptors (Lipinski definition) is 2. The summed E-state index contributed by atoms with van der Waals surface area (Å²) in [5, 5.41) is 3.41. The summed E-state index contributed by atoms with van der Waals surface area (Å²) in [7, 11) is 1.98. The van der Waals surface area contributed by atoms with Crippen molar-refractivity contribution in [1.29, 1.82) is 0 Å². The molecule has 1 atom stereocenters. The predicted molar refractivity (Wildman–Crippen MR) is 97.6 cm³/mol.